The van der Waals surface area contributed by atoms with Crippen molar-refractivity contribution < 1.29 is 9.18 Å². The summed E-state index contributed by atoms with van der Waals surface area (Å²) < 4.78 is 14.3. The summed E-state index contributed by atoms with van der Waals surface area (Å²) in [7, 11) is 0. The second-order valence-electron chi connectivity index (χ2n) is 7.57. The molecule has 4 rings (SSSR count). The summed E-state index contributed by atoms with van der Waals surface area (Å²) in [5.74, 6) is -0.306. The first-order valence-corrected chi connectivity index (χ1v) is 9.69. The summed E-state index contributed by atoms with van der Waals surface area (Å²) in [6.45, 7) is 6.71. The van der Waals surface area contributed by atoms with Crippen molar-refractivity contribution in [2.75, 3.05) is 26.2 Å². The number of fused-ring (bicyclic) bond motifs is 2. The van der Waals surface area contributed by atoms with Crippen LogP contribution in [-0.4, -0.2) is 32.1 Å². The minimum Gasteiger partial charge on any atom is -0.317 e. The second-order valence-corrected chi connectivity index (χ2v) is 7.98. The van der Waals surface area contributed by atoms with Crippen LogP contribution in [0.5, 0.6) is 0 Å². The number of hydrogen-bond donors (Lipinski definition) is 1. The number of carbonyl (C=O) groups is 1. The van der Waals surface area contributed by atoms with E-state index in [1.54, 1.807) is 30.3 Å². The van der Waals surface area contributed by atoms with Crippen LogP contribution in [0.3, 0.4) is 0 Å². The third-order valence-corrected chi connectivity index (χ3v) is 6.39. The minimum atomic E-state index is -0.254. The molecule has 2 heterocycles. The molecule has 2 aromatic carbocycles. The molecule has 140 valence electrons. The Hall–Kier alpha value is -2.01. The molecule has 1 N–H and O–H groups in total. The highest BCUT2D eigenvalue weighted by Crippen LogP contribution is 2.51. The van der Waals surface area contributed by atoms with Gasteiger partial charge in [0.05, 0.1) is 16.0 Å². The Balaban J connectivity index is 1.92. The molecule has 0 saturated carbocycles. The van der Waals surface area contributed by atoms with Gasteiger partial charge in [0.1, 0.15) is 24.6 Å². The van der Waals surface area contributed by atoms with Crippen LogP contribution in [0.1, 0.15) is 28.8 Å². The number of nitrogens with zero attached hydrogens (tertiary/aromatic N) is 1. The number of carbonyl (C=O) groups excluding carboxylic acids is 1. The number of hydrogen-bond acceptors (Lipinski definition) is 2. The van der Waals surface area contributed by atoms with Crippen LogP contribution in [0, 0.1) is 5.82 Å². The van der Waals surface area contributed by atoms with Crippen LogP contribution >= 0.6 is 11.6 Å². The Kier molecular flexibility index (Phi) is 4.66. The molecule has 1 spiro atoms. The van der Waals surface area contributed by atoms with Gasteiger partial charge in [0.25, 0.3) is 0 Å². The first-order chi connectivity index (χ1) is 13.0. The molecule has 2 aliphatic rings. The van der Waals surface area contributed by atoms with Gasteiger partial charge in [0.15, 0.2) is 0 Å². The smallest absolute Gasteiger partial charge is 0.317 e. The SMILES string of the molecule is C=CC[N+]1(C(=O)c2ccccc2Cl)CC2(CCNCC2)c2cc(F)ccc21. The van der Waals surface area contributed by atoms with Crippen molar-refractivity contribution in [2.24, 2.45) is 0 Å². The van der Waals surface area contributed by atoms with Crippen molar-refractivity contribution in [2.45, 2.75) is 18.3 Å². The first kappa shape index (κ1) is 18.4. The van der Waals surface area contributed by atoms with Gasteiger partial charge in [0, 0.05) is 11.6 Å². The number of benzene rings is 2. The zero-order chi connectivity index (χ0) is 19.1. The van der Waals surface area contributed by atoms with Gasteiger partial charge in [-0.05, 0) is 56.3 Å². The number of halogens is 2. The molecule has 1 fully saturated rings. The molecule has 1 atom stereocenters. The fourth-order valence-corrected chi connectivity index (χ4v) is 5.06. The molecular weight excluding hydrogens is 363 g/mol. The van der Waals surface area contributed by atoms with Crippen molar-refractivity contribution in [3.05, 3.63) is 77.1 Å². The van der Waals surface area contributed by atoms with Gasteiger partial charge >= 0.3 is 5.91 Å². The molecular formula is C22H23ClFN2O+. The third kappa shape index (κ3) is 2.83. The Morgan fingerprint density at radius 3 is 2.70 bits per heavy atom. The zero-order valence-corrected chi connectivity index (χ0v) is 15.9. The molecule has 3 nitrogen and oxygen atoms in total. The van der Waals surface area contributed by atoms with E-state index in [4.69, 9.17) is 11.6 Å². The molecule has 5 heteroatoms. The van der Waals surface area contributed by atoms with E-state index in [-0.39, 0.29) is 21.6 Å². The van der Waals surface area contributed by atoms with Crippen molar-refractivity contribution in [3.63, 3.8) is 0 Å². The molecule has 1 amide bonds. The van der Waals surface area contributed by atoms with E-state index in [1.165, 1.54) is 6.07 Å². The largest absolute Gasteiger partial charge is 0.352 e. The number of rotatable bonds is 3. The van der Waals surface area contributed by atoms with E-state index >= 15 is 0 Å². The van der Waals surface area contributed by atoms with E-state index in [2.05, 4.69) is 11.9 Å². The number of nitrogens with one attached hydrogen (secondary N) is 1. The Labute approximate surface area is 164 Å². The topological polar surface area (TPSA) is 29.1 Å². The summed E-state index contributed by atoms with van der Waals surface area (Å²) in [5, 5.41) is 3.83. The molecule has 27 heavy (non-hydrogen) atoms. The Bertz CT molecular complexity index is 907. The maximum Gasteiger partial charge on any atom is 0.352 e. The molecule has 2 aromatic rings. The van der Waals surface area contributed by atoms with E-state index in [1.807, 2.05) is 12.1 Å². The van der Waals surface area contributed by atoms with Crippen molar-refractivity contribution in [1.82, 2.24) is 9.80 Å². The van der Waals surface area contributed by atoms with Gasteiger partial charge in [-0.15, -0.1) is 0 Å². The molecule has 0 aromatic heterocycles. The summed E-state index contributed by atoms with van der Waals surface area (Å²) in [6.07, 6.45) is 3.55. The second kappa shape index (κ2) is 6.86. The average molecular weight is 386 g/mol. The van der Waals surface area contributed by atoms with E-state index < -0.39 is 0 Å². The van der Waals surface area contributed by atoms with Gasteiger partial charge in [-0.3, -0.25) is 0 Å². The molecule has 0 aliphatic carbocycles. The van der Waals surface area contributed by atoms with Gasteiger partial charge in [-0.2, -0.15) is 0 Å². The normalized spacial score (nSPS) is 23.2. The predicted octanol–water partition coefficient (Wildman–Crippen LogP) is 4.45. The fraction of sp³-hybridized carbons (Fsp3) is 0.318. The lowest BCUT2D eigenvalue weighted by Gasteiger charge is -2.36. The van der Waals surface area contributed by atoms with Crippen LogP contribution in [0.25, 0.3) is 0 Å². The minimum absolute atomic E-state index is 0.0521. The van der Waals surface area contributed by atoms with Crippen molar-refractivity contribution >= 4 is 23.2 Å². The van der Waals surface area contributed by atoms with Gasteiger partial charge < -0.3 is 5.32 Å². The lowest BCUT2D eigenvalue weighted by atomic mass is 9.74. The van der Waals surface area contributed by atoms with E-state index in [0.717, 1.165) is 37.2 Å². The number of quaternary nitrogens is 1. The van der Waals surface area contributed by atoms with Crippen LogP contribution in [-0.2, 0) is 5.41 Å². The van der Waals surface area contributed by atoms with Gasteiger partial charge in [-0.25, -0.2) is 13.7 Å². The van der Waals surface area contributed by atoms with E-state index in [9.17, 15) is 9.18 Å². The molecule has 1 unspecified atom stereocenters. The fourth-order valence-electron chi connectivity index (χ4n) is 4.84. The first-order valence-electron chi connectivity index (χ1n) is 9.31. The maximum atomic E-state index is 14.2. The summed E-state index contributed by atoms with van der Waals surface area (Å²) >= 11 is 6.36. The van der Waals surface area contributed by atoms with Gasteiger partial charge in [0.2, 0.25) is 0 Å². The van der Waals surface area contributed by atoms with Crippen LogP contribution < -0.4 is 9.80 Å². The highest BCUT2D eigenvalue weighted by atomic mass is 35.5. The summed E-state index contributed by atoms with van der Waals surface area (Å²) in [6, 6.07) is 12.0. The Morgan fingerprint density at radius 2 is 2.00 bits per heavy atom. The highest BCUT2D eigenvalue weighted by molar-refractivity contribution is 6.34. The lowest BCUT2D eigenvalue weighted by molar-refractivity contribution is 0.0759. The average Bonchev–Trinajstić information content (AvgIpc) is 2.92. The number of piperidine rings is 1. The van der Waals surface area contributed by atoms with Crippen molar-refractivity contribution in [3.8, 4) is 0 Å². The zero-order valence-electron chi connectivity index (χ0n) is 15.2. The van der Waals surface area contributed by atoms with E-state index in [0.29, 0.717) is 23.7 Å². The standard InChI is InChI=1S/C22H23ClFN2O/c1-2-13-26(21(27)17-5-3-4-6-19(17)23)15-22(9-11-25-12-10-22)18-14-16(24)7-8-20(18)26/h2-8,14,25H,1,9-13,15H2/q+1. The molecule has 2 aliphatic heterocycles. The Morgan fingerprint density at radius 1 is 1.26 bits per heavy atom. The van der Waals surface area contributed by atoms with Crippen LogP contribution in [0.4, 0.5) is 10.1 Å². The van der Waals surface area contributed by atoms with Crippen LogP contribution in [0.2, 0.25) is 5.02 Å². The maximum absolute atomic E-state index is 14.2. The quantitative estimate of drug-likeness (QED) is 0.624. The lowest BCUT2D eigenvalue weighted by Crippen LogP contribution is -2.57. The number of amides is 1. The highest BCUT2D eigenvalue weighted by Gasteiger charge is 2.57. The molecule has 0 bridgehead atoms. The monoisotopic (exact) mass is 385 g/mol. The van der Waals surface area contributed by atoms with Gasteiger partial charge in [-0.1, -0.05) is 30.3 Å². The summed E-state index contributed by atoms with van der Waals surface area (Å²) in [4.78, 5) is 13.8. The van der Waals surface area contributed by atoms with Crippen LogP contribution in [0.15, 0.2) is 55.1 Å². The summed E-state index contributed by atoms with van der Waals surface area (Å²) in [5.41, 5.74) is 2.14. The third-order valence-electron chi connectivity index (χ3n) is 6.06. The molecule has 0 radical (unpaired) electrons. The predicted molar refractivity (Wildman–Crippen MR) is 108 cm³/mol. The molecule has 1 saturated heterocycles. The van der Waals surface area contributed by atoms with Crippen molar-refractivity contribution in [1.29, 1.82) is 0 Å².